The van der Waals surface area contributed by atoms with Crippen LogP contribution in [-0.4, -0.2) is 6.04 Å². The second kappa shape index (κ2) is 5.22. The van der Waals surface area contributed by atoms with Gasteiger partial charge in [-0.05, 0) is 52.4 Å². The van der Waals surface area contributed by atoms with Crippen molar-refractivity contribution in [3.05, 3.63) is 108 Å². The Morgan fingerprint density at radius 2 is 1.54 bits per heavy atom. The topological polar surface area (TPSA) is 3.24 Å². The maximum absolute atomic E-state index is 2.52. The molecule has 3 aromatic carbocycles. The Hall–Kier alpha value is -3.06. The number of benzene rings is 3. The predicted octanol–water partition coefficient (Wildman–Crippen LogP) is 5.99. The molecule has 0 bridgehead atoms. The minimum atomic E-state index is 0.368. The van der Waals surface area contributed by atoms with Gasteiger partial charge in [0.2, 0.25) is 0 Å². The number of hydrogen-bond donors (Lipinski definition) is 0. The zero-order chi connectivity index (χ0) is 17.1. The fourth-order valence-corrected chi connectivity index (χ4v) is 4.85. The number of rotatable bonds is 1. The van der Waals surface area contributed by atoms with Gasteiger partial charge in [0, 0.05) is 17.3 Å². The van der Waals surface area contributed by atoms with Crippen molar-refractivity contribution in [3.8, 4) is 11.1 Å². The lowest BCUT2D eigenvalue weighted by Gasteiger charge is -2.29. The van der Waals surface area contributed by atoms with Crippen molar-refractivity contribution in [3.63, 3.8) is 0 Å². The first-order valence-electron chi connectivity index (χ1n) is 9.34. The second-order valence-corrected chi connectivity index (χ2v) is 7.39. The summed E-state index contributed by atoms with van der Waals surface area (Å²) < 4.78 is 0. The van der Waals surface area contributed by atoms with Gasteiger partial charge in [-0.1, -0.05) is 72.8 Å². The van der Waals surface area contributed by atoms with Crippen molar-refractivity contribution in [1.82, 2.24) is 0 Å². The van der Waals surface area contributed by atoms with E-state index in [1.54, 1.807) is 0 Å². The highest BCUT2D eigenvalue weighted by atomic mass is 15.2. The normalized spacial score (nSPS) is 21.3. The lowest BCUT2D eigenvalue weighted by Crippen LogP contribution is -2.28. The monoisotopic (exact) mass is 333 g/mol. The number of hydrogen-bond acceptors (Lipinski definition) is 1. The quantitative estimate of drug-likeness (QED) is 0.414. The minimum Gasteiger partial charge on any atom is -0.333 e. The lowest BCUT2D eigenvalue weighted by atomic mass is 9.91. The van der Waals surface area contributed by atoms with Crippen molar-refractivity contribution in [2.45, 2.75) is 18.4 Å². The van der Waals surface area contributed by atoms with Crippen molar-refractivity contribution in [2.24, 2.45) is 0 Å². The molecule has 3 aliphatic rings. The first-order valence-corrected chi connectivity index (χ1v) is 9.34. The van der Waals surface area contributed by atoms with Crippen LogP contribution in [0, 0.1) is 0 Å². The van der Waals surface area contributed by atoms with Crippen LogP contribution < -0.4 is 4.90 Å². The second-order valence-electron chi connectivity index (χ2n) is 7.39. The van der Waals surface area contributed by atoms with Crippen LogP contribution in [0.2, 0.25) is 0 Å². The number of nitrogens with zero attached hydrogens (tertiary/aromatic N) is 1. The number of fused-ring (bicyclic) bond motifs is 6. The van der Waals surface area contributed by atoms with E-state index in [0.717, 1.165) is 6.42 Å². The van der Waals surface area contributed by atoms with Gasteiger partial charge in [-0.15, -0.1) is 0 Å². The van der Waals surface area contributed by atoms with Crippen LogP contribution >= 0.6 is 0 Å². The Morgan fingerprint density at radius 3 is 2.54 bits per heavy atom. The van der Waals surface area contributed by atoms with Gasteiger partial charge in [0.25, 0.3) is 0 Å². The SMILES string of the molecule is C1=CC2c3ccccc3N(c3ccc4c(c3)-c3ccccc3C4)C2C=C1. The summed E-state index contributed by atoms with van der Waals surface area (Å²) in [5.74, 6) is 0.441. The third-order valence-corrected chi connectivity index (χ3v) is 6.02. The van der Waals surface area contributed by atoms with Gasteiger partial charge in [0.05, 0.1) is 6.04 Å². The molecule has 0 fully saturated rings. The summed E-state index contributed by atoms with van der Waals surface area (Å²) in [7, 11) is 0. The molecule has 0 amide bonds. The Kier molecular flexibility index (Phi) is 2.84. The Labute approximate surface area is 153 Å². The first-order chi connectivity index (χ1) is 12.9. The smallest absolute Gasteiger partial charge is 0.0629 e. The molecular weight excluding hydrogens is 314 g/mol. The van der Waals surface area contributed by atoms with Crippen molar-refractivity contribution in [2.75, 3.05) is 4.90 Å². The standard InChI is InChI=1S/C25H19N/c1-2-8-20-17(7-1)15-18-13-14-19(16-23(18)20)26-24-11-5-3-9-21(24)22-10-4-6-12-25(22)26/h1-14,16,21,24H,15H2. The molecule has 0 saturated carbocycles. The zero-order valence-electron chi connectivity index (χ0n) is 14.5. The molecule has 0 saturated heterocycles. The molecule has 26 heavy (non-hydrogen) atoms. The molecule has 1 heterocycles. The van der Waals surface area contributed by atoms with Crippen LogP contribution in [-0.2, 0) is 6.42 Å². The van der Waals surface area contributed by atoms with Crippen LogP contribution in [0.4, 0.5) is 11.4 Å². The molecule has 3 aromatic rings. The van der Waals surface area contributed by atoms with Gasteiger partial charge in [0.1, 0.15) is 0 Å². The molecule has 0 aromatic heterocycles. The van der Waals surface area contributed by atoms with E-state index < -0.39 is 0 Å². The van der Waals surface area contributed by atoms with Crippen LogP contribution in [0.5, 0.6) is 0 Å². The van der Waals surface area contributed by atoms with Gasteiger partial charge < -0.3 is 4.90 Å². The molecule has 1 heteroatoms. The third-order valence-electron chi connectivity index (χ3n) is 6.02. The highest BCUT2D eigenvalue weighted by Crippen LogP contribution is 2.49. The Bertz CT molecular complexity index is 1090. The van der Waals surface area contributed by atoms with Gasteiger partial charge in [-0.25, -0.2) is 0 Å². The van der Waals surface area contributed by atoms with E-state index in [1.165, 1.54) is 39.2 Å². The predicted molar refractivity (Wildman–Crippen MR) is 108 cm³/mol. The third kappa shape index (κ3) is 1.86. The first kappa shape index (κ1) is 14.1. The van der Waals surface area contributed by atoms with Crippen LogP contribution in [0.1, 0.15) is 22.6 Å². The maximum Gasteiger partial charge on any atom is 0.0629 e. The summed E-state index contributed by atoms with van der Waals surface area (Å²) in [6.07, 6.45) is 10.1. The van der Waals surface area contributed by atoms with E-state index >= 15 is 0 Å². The van der Waals surface area contributed by atoms with Crippen molar-refractivity contribution < 1.29 is 0 Å². The fourth-order valence-electron chi connectivity index (χ4n) is 4.85. The number of para-hydroxylation sites is 1. The summed E-state index contributed by atoms with van der Waals surface area (Å²) in [4.78, 5) is 2.52. The molecule has 2 atom stereocenters. The molecule has 0 spiro atoms. The van der Waals surface area contributed by atoms with Crippen molar-refractivity contribution >= 4 is 11.4 Å². The molecule has 0 N–H and O–H groups in total. The highest BCUT2D eigenvalue weighted by Gasteiger charge is 2.37. The van der Waals surface area contributed by atoms with Gasteiger partial charge >= 0.3 is 0 Å². The summed E-state index contributed by atoms with van der Waals surface area (Å²) in [6, 6.07) is 25.0. The average Bonchev–Trinajstić information content (AvgIpc) is 3.23. The van der Waals surface area contributed by atoms with E-state index in [2.05, 4.69) is 95.9 Å². The molecule has 1 nitrogen and oxygen atoms in total. The molecule has 1 aliphatic heterocycles. The highest BCUT2D eigenvalue weighted by molar-refractivity contribution is 5.83. The molecule has 124 valence electrons. The minimum absolute atomic E-state index is 0.368. The number of anilines is 2. The van der Waals surface area contributed by atoms with Crippen LogP contribution in [0.3, 0.4) is 0 Å². The van der Waals surface area contributed by atoms with Crippen LogP contribution in [0.25, 0.3) is 11.1 Å². The Balaban J connectivity index is 1.53. The van der Waals surface area contributed by atoms with E-state index in [0.29, 0.717) is 12.0 Å². The average molecular weight is 333 g/mol. The molecule has 2 aliphatic carbocycles. The van der Waals surface area contributed by atoms with Gasteiger partial charge in [-0.3, -0.25) is 0 Å². The van der Waals surface area contributed by atoms with E-state index in [4.69, 9.17) is 0 Å². The van der Waals surface area contributed by atoms with E-state index in [1.807, 2.05) is 0 Å². The van der Waals surface area contributed by atoms with Gasteiger partial charge in [-0.2, -0.15) is 0 Å². The summed E-state index contributed by atoms with van der Waals surface area (Å²) in [5.41, 5.74) is 9.74. The van der Waals surface area contributed by atoms with E-state index in [-0.39, 0.29) is 0 Å². The van der Waals surface area contributed by atoms with Crippen molar-refractivity contribution in [1.29, 1.82) is 0 Å². The Morgan fingerprint density at radius 1 is 0.731 bits per heavy atom. The summed E-state index contributed by atoms with van der Waals surface area (Å²) >= 11 is 0. The molecule has 0 radical (unpaired) electrons. The lowest BCUT2D eigenvalue weighted by molar-refractivity contribution is 0.745. The largest absolute Gasteiger partial charge is 0.333 e. The fraction of sp³-hybridized carbons (Fsp3) is 0.120. The van der Waals surface area contributed by atoms with Gasteiger partial charge in [0.15, 0.2) is 0 Å². The zero-order valence-corrected chi connectivity index (χ0v) is 14.5. The molecular formula is C25H19N. The van der Waals surface area contributed by atoms with E-state index in [9.17, 15) is 0 Å². The summed E-state index contributed by atoms with van der Waals surface area (Å²) in [6.45, 7) is 0. The molecule has 6 rings (SSSR count). The number of allylic oxidation sites excluding steroid dienone is 2. The van der Waals surface area contributed by atoms with Crippen LogP contribution in [0.15, 0.2) is 91.0 Å². The summed E-state index contributed by atoms with van der Waals surface area (Å²) in [5, 5.41) is 0. The maximum atomic E-state index is 2.52. The molecule has 2 unspecified atom stereocenters.